The van der Waals surface area contributed by atoms with Gasteiger partial charge in [-0.2, -0.15) is 0 Å². The van der Waals surface area contributed by atoms with Gasteiger partial charge in [0.25, 0.3) is 0 Å². The predicted octanol–water partition coefficient (Wildman–Crippen LogP) is 12.9. The van der Waals surface area contributed by atoms with Crippen LogP contribution in [0.3, 0.4) is 0 Å². The Morgan fingerprint density at radius 2 is 1.02 bits per heavy atom. The minimum absolute atomic E-state index is 0.615. The van der Waals surface area contributed by atoms with Gasteiger partial charge in [0.15, 0.2) is 17.5 Å². The van der Waals surface area contributed by atoms with Crippen LogP contribution in [0.4, 0.5) is 0 Å². The summed E-state index contributed by atoms with van der Waals surface area (Å²) < 4.78 is 2.40. The van der Waals surface area contributed by atoms with Gasteiger partial charge in [-0.25, -0.2) is 15.0 Å². The van der Waals surface area contributed by atoms with Crippen molar-refractivity contribution in [1.29, 1.82) is 0 Å². The van der Waals surface area contributed by atoms with E-state index < -0.39 is 5.41 Å². The second-order valence-electron chi connectivity index (χ2n) is 14.4. The quantitative estimate of drug-likeness (QED) is 0.156. The number of nitrogens with zero attached hydrogens (tertiary/aromatic N) is 4. The Morgan fingerprint density at radius 3 is 1.72 bits per heavy atom. The number of benzene rings is 7. The van der Waals surface area contributed by atoms with Gasteiger partial charge in [-0.15, -0.1) is 0 Å². The van der Waals surface area contributed by atoms with Crippen LogP contribution in [0.1, 0.15) is 40.4 Å². The number of aromatic nitrogens is 4. The molecule has 7 aromatic carbocycles. The van der Waals surface area contributed by atoms with E-state index in [-0.39, 0.29) is 0 Å². The fraction of sp³-hybridized carbons (Fsp3) is 0.0377. The largest absolute Gasteiger partial charge is 0.309 e. The van der Waals surface area contributed by atoms with E-state index in [0.717, 1.165) is 44.8 Å². The maximum absolute atomic E-state index is 5.24. The van der Waals surface area contributed by atoms with Crippen LogP contribution in [0.25, 0.3) is 74.0 Å². The molecule has 0 aliphatic carbocycles. The summed E-state index contributed by atoms with van der Waals surface area (Å²) in [5.41, 5.74) is 13.6. The van der Waals surface area contributed by atoms with E-state index in [4.69, 9.17) is 15.0 Å². The van der Waals surface area contributed by atoms with Gasteiger partial charge in [-0.3, -0.25) is 0 Å². The zero-order valence-corrected chi connectivity index (χ0v) is 31.5. The lowest BCUT2D eigenvalue weighted by molar-refractivity contribution is 0.724. The zero-order valence-electron chi connectivity index (χ0n) is 31.5. The highest BCUT2D eigenvalue weighted by atomic mass is 15.0. The second kappa shape index (κ2) is 14.0. The Bertz CT molecular complexity index is 2980. The van der Waals surface area contributed by atoms with Crippen molar-refractivity contribution in [3.05, 3.63) is 228 Å². The Balaban J connectivity index is 1.24. The molecule has 1 atom stereocenters. The highest BCUT2D eigenvalue weighted by Crippen LogP contribution is 2.54. The highest BCUT2D eigenvalue weighted by Gasteiger charge is 2.45. The number of fused-ring (bicyclic) bond motifs is 2. The first-order valence-electron chi connectivity index (χ1n) is 19.4. The average molecular weight is 731 g/mol. The molecule has 9 aromatic rings. The lowest BCUT2D eigenvalue weighted by Gasteiger charge is -2.42. The molecule has 0 amide bonds. The van der Waals surface area contributed by atoms with Gasteiger partial charge in [0.05, 0.1) is 22.3 Å². The minimum Gasteiger partial charge on any atom is -0.309 e. The van der Waals surface area contributed by atoms with E-state index in [2.05, 4.69) is 188 Å². The highest BCUT2D eigenvalue weighted by molar-refractivity contribution is 6.00. The average Bonchev–Trinajstić information content (AvgIpc) is 3.61. The zero-order chi connectivity index (χ0) is 38.3. The van der Waals surface area contributed by atoms with Gasteiger partial charge in [-0.05, 0) is 64.6 Å². The van der Waals surface area contributed by atoms with Gasteiger partial charge < -0.3 is 4.57 Å². The molecular weight excluding hydrogens is 693 g/mol. The molecule has 10 rings (SSSR count). The van der Waals surface area contributed by atoms with Crippen molar-refractivity contribution in [3.63, 3.8) is 0 Å². The van der Waals surface area contributed by atoms with Crippen molar-refractivity contribution in [2.45, 2.75) is 12.3 Å². The maximum Gasteiger partial charge on any atom is 0.164 e. The summed E-state index contributed by atoms with van der Waals surface area (Å²) in [6, 6.07) is 64.3. The van der Waals surface area contributed by atoms with Crippen LogP contribution >= 0.6 is 0 Å². The van der Waals surface area contributed by atoms with E-state index in [1.807, 2.05) is 30.3 Å². The standard InChI is InChI=1S/C53H38N4/c1-3-19-43-44-30-18-32-46-49(44)57(47(43)4-2)48-33-15-14-31-45(48)53(46,41-27-12-7-13-28-41)42-29-17-26-40(35-42)52-55-50(37-22-10-6-11-23-37)54-51(56-52)39-25-16-24-38(34-39)36-20-8-5-9-21-36/h3-35H,2H2,1H3/b19-3-. The molecule has 0 N–H and O–H groups in total. The lowest BCUT2D eigenvalue weighted by atomic mass is 9.63. The van der Waals surface area contributed by atoms with Crippen molar-refractivity contribution in [1.82, 2.24) is 19.5 Å². The summed E-state index contributed by atoms with van der Waals surface area (Å²) in [4.78, 5) is 15.5. The molecule has 57 heavy (non-hydrogen) atoms. The van der Waals surface area contributed by atoms with Crippen molar-refractivity contribution >= 4 is 23.1 Å². The topological polar surface area (TPSA) is 43.6 Å². The van der Waals surface area contributed by atoms with Crippen molar-refractivity contribution in [3.8, 4) is 51.0 Å². The fourth-order valence-electron chi connectivity index (χ4n) is 8.79. The molecule has 0 fully saturated rings. The number of hydrogen-bond acceptors (Lipinski definition) is 3. The van der Waals surface area contributed by atoms with E-state index in [0.29, 0.717) is 17.5 Å². The smallest absolute Gasteiger partial charge is 0.164 e. The summed E-state index contributed by atoms with van der Waals surface area (Å²) in [5, 5.41) is 1.19. The summed E-state index contributed by atoms with van der Waals surface area (Å²) >= 11 is 0. The third kappa shape index (κ3) is 5.49. The van der Waals surface area contributed by atoms with Crippen LogP contribution in [-0.2, 0) is 5.41 Å². The van der Waals surface area contributed by atoms with E-state index in [9.17, 15) is 0 Å². The molecule has 0 radical (unpaired) electrons. The van der Waals surface area contributed by atoms with Crippen LogP contribution in [0, 0.1) is 0 Å². The first-order valence-corrected chi connectivity index (χ1v) is 19.4. The van der Waals surface area contributed by atoms with Gasteiger partial charge in [0.1, 0.15) is 0 Å². The normalized spacial score (nSPS) is 14.5. The monoisotopic (exact) mass is 730 g/mol. The first kappa shape index (κ1) is 34.1. The third-order valence-electron chi connectivity index (χ3n) is 11.2. The molecule has 0 saturated heterocycles. The molecule has 3 heterocycles. The molecule has 0 bridgehead atoms. The third-order valence-corrected chi connectivity index (χ3v) is 11.2. The van der Waals surface area contributed by atoms with Crippen LogP contribution in [0.2, 0.25) is 0 Å². The molecule has 1 aliphatic rings. The SMILES string of the molecule is C=Cc1c(/C=C\C)c2cccc3c2n1-c1ccccc1C3(c1ccccc1)c1cccc(-c2nc(-c3ccccc3)nc(-c3cccc(-c4ccccc4)c3)n2)c1. The van der Waals surface area contributed by atoms with Crippen LogP contribution in [0.5, 0.6) is 0 Å². The number of allylic oxidation sites excluding steroid dienone is 1. The van der Waals surface area contributed by atoms with E-state index in [1.165, 1.54) is 33.2 Å². The van der Waals surface area contributed by atoms with Gasteiger partial charge >= 0.3 is 0 Å². The van der Waals surface area contributed by atoms with E-state index >= 15 is 0 Å². The minimum atomic E-state index is -0.671. The number of rotatable bonds is 8. The van der Waals surface area contributed by atoms with Gasteiger partial charge in [-0.1, -0.05) is 183 Å². The first-order chi connectivity index (χ1) is 28.2. The fourth-order valence-corrected chi connectivity index (χ4v) is 8.79. The molecule has 0 saturated carbocycles. The Hall–Kier alpha value is -7.43. The molecule has 1 unspecified atom stereocenters. The number of para-hydroxylation sites is 2. The Kier molecular flexibility index (Phi) is 8.38. The molecule has 4 nitrogen and oxygen atoms in total. The summed E-state index contributed by atoms with van der Waals surface area (Å²) in [6.07, 6.45) is 6.31. The maximum atomic E-state index is 5.24. The summed E-state index contributed by atoms with van der Waals surface area (Å²) in [7, 11) is 0. The van der Waals surface area contributed by atoms with E-state index in [1.54, 1.807) is 0 Å². The van der Waals surface area contributed by atoms with Gasteiger partial charge in [0.2, 0.25) is 0 Å². The number of hydrogen-bond donors (Lipinski definition) is 0. The second-order valence-corrected chi connectivity index (χ2v) is 14.4. The summed E-state index contributed by atoms with van der Waals surface area (Å²) in [6.45, 7) is 6.38. The summed E-state index contributed by atoms with van der Waals surface area (Å²) in [5.74, 6) is 1.87. The van der Waals surface area contributed by atoms with Crippen LogP contribution in [0.15, 0.2) is 195 Å². The van der Waals surface area contributed by atoms with Crippen molar-refractivity contribution in [2.24, 2.45) is 0 Å². The molecule has 2 aromatic heterocycles. The molecule has 270 valence electrons. The van der Waals surface area contributed by atoms with Crippen molar-refractivity contribution < 1.29 is 0 Å². The lowest BCUT2D eigenvalue weighted by Crippen LogP contribution is -2.35. The molecule has 0 spiro atoms. The molecule has 4 heteroatoms. The van der Waals surface area contributed by atoms with Crippen molar-refractivity contribution in [2.75, 3.05) is 0 Å². The van der Waals surface area contributed by atoms with Gasteiger partial charge in [0, 0.05) is 27.6 Å². The molecular formula is C53H38N4. The Morgan fingerprint density at radius 1 is 0.491 bits per heavy atom. The Labute approximate surface area is 332 Å². The predicted molar refractivity (Wildman–Crippen MR) is 235 cm³/mol. The van der Waals surface area contributed by atoms with Crippen LogP contribution < -0.4 is 0 Å². The molecule has 1 aliphatic heterocycles. The van der Waals surface area contributed by atoms with Crippen LogP contribution in [-0.4, -0.2) is 19.5 Å².